The van der Waals surface area contributed by atoms with Crippen LogP contribution >= 0.6 is 0 Å². The normalized spacial score (nSPS) is 22.2. The number of hydrogen-bond donors (Lipinski definition) is 3. The number of amides is 1. The lowest BCUT2D eigenvalue weighted by Gasteiger charge is -2.60. The van der Waals surface area contributed by atoms with Gasteiger partial charge in [-0.2, -0.15) is 0 Å². The highest BCUT2D eigenvalue weighted by Gasteiger charge is 2.65. The molecule has 3 N–H and O–H groups in total. The number of hydrogen-bond acceptors (Lipinski definition) is 12. The maximum absolute atomic E-state index is 14.9. The quantitative estimate of drug-likeness (QED) is 0.0263. The third-order valence-corrected chi connectivity index (χ3v) is 13.5. The highest BCUT2D eigenvalue weighted by Crippen LogP contribution is 2.62. The standard InChI is InChI=1S/C53H77N3O11/c1-4-7-8-9-10-11-12-13-14-21-50(60)55(28-34-63-35-31-59)49-38-47(54-66-39-40-22-24-42(25-23-40)56(61)62)45-36-41(19-15-17-29-57)44(20-16-18-30-58)51-46-37-43(64-32-5-2)26-27-48(46)67-53(49,52(45)51)65-33-6-3/h5-6,22-27,36-37,41,44,49,51-52,57-59H,2-4,7-21,28-35,38-39H2,1H3. The molecule has 2 aromatic carbocycles. The van der Waals surface area contributed by atoms with Crippen LogP contribution < -0.4 is 9.47 Å². The number of non-ortho nitro benzene ring substituents is 1. The number of nitro groups is 1. The minimum atomic E-state index is -1.44. The number of carbonyl (C=O) groups excluding carboxylic acids is 1. The molecule has 3 aliphatic rings. The molecule has 1 amide bonds. The monoisotopic (exact) mass is 932 g/mol. The summed E-state index contributed by atoms with van der Waals surface area (Å²) in [4.78, 5) is 33.9. The van der Waals surface area contributed by atoms with Crippen LogP contribution in [0.4, 0.5) is 5.69 Å². The van der Waals surface area contributed by atoms with Crippen LogP contribution in [0.25, 0.3) is 0 Å². The second-order valence-electron chi connectivity index (χ2n) is 18.1. The van der Waals surface area contributed by atoms with Crippen molar-refractivity contribution in [3.05, 3.63) is 101 Å². The molecule has 0 radical (unpaired) electrons. The Hall–Kier alpha value is -4.60. The zero-order valence-corrected chi connectivity index (χ0v) is 39.9. The number of nitrogens with zero attached hydrogens (tertiary/aromatic N) is 3. The Morgan fingerprint density at radius 1 is 0.896 bits per heavy atom. The van der Waals surface area contributed by atoms with Gasteiger partial charge in [0.25, 0.3) is 5.69 Å². The Morgan fingerprint density at radius 2 is 1.60 bits per heavy atom. The fourth-order valence-electron chi connectivity index (χ4n) is 10.3. The largest absolute Gasteiger partial charge is 0.490 e. The van der Waals surface area contributed by atoms with Crippen LogP contribution in [0.15, 0.2) is 84.6 Å². The highest BCUT2D eigenvalue weighted by molar-refractivity contribution is 6.03. The number of fused-ring (bicyclic) bond motifs is 2. The van der Waals surface area contributed by atoms with E-state index in [2.05, 4.69) is 32.2 Å². The van der Waals surface area contributed by atoms with Gasteiger partial charge < -0.3 is 44.0 Å². The number of aliphatic hydroxyl groups excluding tert-OH is 3. The number of rotatable bonds is 34. The molecule has 6 atom stereocenters. The number of unbranched alkanes of at least 4 members (excludes halogenated alkanes) is 10. The Bertz CT molecular complexity index is 1900. The number of carbonyl (C=O) groups is 1. The van der Waals surface area contributed by atoms with Gasteiger partial charge in [0.2, 0.25) is 11.7 Å². The van der Waals surface area contributed by atoms with Crippen molar-refractivity contribution in [2.75, 3.05) is 52.8 Å². The van der Waals surface area contributed by atoms with Crippen LogP contribution in [-0.2, 0) is 25.7 Å². The summed E-state index contributed by atoms with van der Waals surface area (Å²) >= 11 is 0. The van der Waals surface area contributed by atoms with Crippen LogP contribution in [0, 0.1) is 27.9 Å². The van der Waals surface area contributed by atoms with E-state index < -0.39 is 22.7 Å². The van der Waals surface area contributed by atoms with Crippen LogP contribution in [0.1, 0.15) is 133 Å². The summed E-state index contributed by atoms with van der Waals surface area (Å²) < 4.78 is 26.5. The summed E-state index contributed by atoms with van der Waals surface area (Å²) in [5.41, 5.74) is 3.16. The van der Waals surface area contributed by atoms with Gasteiger partial charge in [-0.05, 0) is 85.4 Å². The molecule has 67 heavy (non-hydrogen) atoms. The van der Waals surface area contributed by atoms with Crippen LogP contribution in [0.3, 0.4) is 0 Å². The topological polar surface area (TPSA) is 183 Å². The van der Waals surface area contributed by atoms with Gasteiger partial charge in [-0.25, -0.2) is 0 Å². The molecule has 0 aromatic heterocycles. The van der Waals surface area contributed by atoms with E-state index in [-0.39, 0.29) is 88.6 Å². The van der Waals surface area contributed by atoms with E-state index in [1.807, 2.05) is 17.0 Å². The second kappa shape index (κ2) is 28.7. The first-order valence-electron chi connectivity index (χ1n) is 24.9. The van der Waals surface area contributed by atoms with E-state index in [1.54, 1.807) is 24.3 Å². The fraction of sp³-hybridized carbons (Fsp3) is 0.623. The molecule has 2 aliphatic carbocycles. The van der Waals surface area contributed by atoms with Crippen molar-refractivity contribution in [2.24, 2.45) is 22.9 Å². The molecular formula is C53H77N3O11. The first-order chi connectivity index (χ1) is 32.8. The van der Waals surface area contributed by atoms with E-state index >= 15 is 0 Å². The number of benzene rings is 2. The lowest BCUT2D eigenvalue weighted by atomic mass is 9.55. The summed E-state index contributed by atoms with van der Waals surface area (Å²) in [5.74, 6) is -0.882. The minimum Gasteiger partial charge on any atom is -0.490 e. The van der Waals surface area contributed by atoms with E-state index in [4.69, 9.17) is 28.9 Å². The molecular weight excluding hydrogens is 855 g/mol. The molecule has 6 unspecified atom stereocenters. The minimum absolute atomic E-state index is 0.0222. The van der Waals surface area contributed by atoms with Crippen molar-refractivity contribution in [3.8, 4) is 11.5 Å². The van der Waals surface area contributed by atoms with E-state index in [1.165, 1.54) is 44.2 Å². The predicted octanol–water partition coefficient (Wildman–Crippen LogP) is 9.75. The van der Waals surface area contributed by atoms with Crippen molar-refractivity contribution in [3.63, 3.8) is 0 Å². The lowest BCUT2D eigenvalue weighted by molar-refractivity contribution is -0.384. The van der Waals surface area contributed by atoms with Gasteiger partial charge in [-0.3, -0.25) is 14.9 Å². The van der Waals surface area contributed by atoms with Gasteiger partial charge >= 0.3 is 0 Å². The average Bonchev–Trinajstić information content (AvgIpc) is 3.33. The van der Waals surface area contributed by atoms with Crippen molar-refractivity contribution < 1.29 is 48.8 Å². The SMILES string of the molecule is C=CCOc1ccc2c(c1)C1C(CCCCO)C(CCCCO)C=C3C(=NOCc4ccc([N+](=O)[O-])cc4)CC(N(CCOCCO)C(=O)CCCCCCCCCCC)C(OCC=C)(O2)C31. The molecule has 5 rings (SSSR count). The molecule has 14 heteroatoms. The van der Waals surface area contributed by atoms with Crippen LogP contribution in [0.2, 0.25) is 0 Å². The lowest BCUT2D eigenvalue weighted by Crippen LogP contribution is -2.70. The number of oxime groups is 1. The molecule has 2 aromatic rings. The number of allylic oxidation sites excluding steroid dienone is 1. The van der Waals surface area contributed by atoms with E-state index in [0.717, 1.165) is 62.5 Å². The van der Waals surface area contributed by atoms with Crippen molar-refractivity contribution in [2.45, 2.75) is 140 Å². The molecule has 1 saturated carbocycles. The molecule has 1 aliphatic heterocycles. The van der Waals surface area contributed by atoms with Crippen LogP contribution in [-0.4, -0.2) is 101 Å². The third-order valence-electron chi connectivity index (χ3n) is 13.5. The van der Waals surface area contributed by atoms with Gasteiger partial charge in [0.05, 0.1) is 43.0 Å². The molecule has 0 bridgehead atoms. The smallest absolute Gasteiger partial charge is 0.269 e. The Labute approximate surface area is 398 Å². The zero-order valence-electron chi connectivity index (χ0n) is 39.9. The molecule has 1 heterocycles. The molecule has 14 nitrogen and oxygen atoms in total. The summed E-state index contributed by atoms with van der Waals surface area (Å²) in [6, 6.07) is 11.3. The molecule has 0 saturated heterocycles. The Morgan fingerprint density at radius 3 is 2.27 bits per heavy atom. The fourth-order valence-corrected chi connectivity index (χ4v) is 10.3. The highest BCUT2D eigenvalue weighted by atomic mass is 16.7. The Kier molecular flexibility index (Phi) is 22.8. The van der Waals surface area contributed by atoms with Gasteiger partial charge in [-0.1, -0.05) is 101 Å². The first kappa shape index (κ1) is 53.4. The summed E-state index contributed by atoms with van der Waals surface area (Å²) in [6.45, 7) is 11.1. The van der Waals surface area contributed by atoms with Crippen molar-refractivity contribution in [1.29, 1.82) is 0 Å². The third kappa shape index (κ3) is 14.7. The molecule has 1 fully saturated rings. The number of aliphatic hydroxyl groups is 3. The predicted molar refractivity (Wildman–Crippen MR) is 260 cm³/mol. The van der Waals surface area contributed by atoms with Crippen LogP contribution in [0.5, 0.6) is 11.5 Å². The molecule has 0 spiro atoms. The second-order valence-corrected chi connectivity index (χ2v) is 18.1. The Balaban J connectivity index is 1.66. The first-order valence-corrected chi connectivity index (χ1v) is 24.9. The van der Waals surface area contributed by atoms with E-state index in [9.17, 15) is 30.2 Å². The van der Waals surface area contributed by atoms with Crippen molar-refractivity contribution in [1.82, 2.24) is 4.90 Å². The number of ether oxygens (including phenoxy) is 4. The van der Waals surface area contributed by atoms with Gasteiger partial charge in [0.1, 0.15) is 30.8 Å². The van der Waals surface area contributed by atoms with E-state index in [0.29, 0.717) is 48.6 Å². The average molecular weight is 932 g/mol. The summed E-state index contributed by atoms with van der Waals surface area (Å²) in [7, 11) is 0. The van der Waals surface area contributed by atoms with Gasteiger partial charge in [-0.15, -0.1) is 6.58 Å². The maximum Gasteiger partial charge on any atom is 0.269 e. The number of nitro benzene ring substituents is 1. The summed E-state index contributed by atoms with van der Waals surface area (Å²) in [5, 5.41) is 45.9. The van der Waals surface area contributed by atoms with Gasteiger partial charge in [0, 0.05) is 56.2 Å². The van der Waals surface area contributed by atoms with Crippen molar-refractivity contribution >= 4 is 17.3 Å². The summed E-state index contributed by atoms with van der Waals surface area (Å²) in [6.07, 6.45) is 20.7. The maximum atomic E-state index is 14.9. The molecule has 370 valence electrons. The van der Waals surface area contributed by atoms with Gasteiger partial charge in [0.15, 0.2) is 0 Å². The zero-order chi connectivity index (χ0) is 47.9.